The van der Waals surface area contributed by atoms with E-state index >= 15 is 0 Å². The van der Waals surface area contributed by atoms with E-state index in [1.54, 1.807) is 17.8 Å². The van der Waals surface area contributed by atoms with Crippen molar-refractivity contribution in [3.8, 4) is 0 Å². The summed E-state index contributed by atoms with van der Waals surface area (Å²) in [6.07, 6.45) is 12.0. The van der Waals surface area contributed by atoms with Crippen molar-refractivity contribution in [3.05, 3.63) is 45.6 Å². The number of ether oxygens (including phenoxy) is 1. The molecule has 0 bridgehead atoms. The van der Waals surface area contributed by atoms with E-state index < -0.39 is 10.5 Å². The Morgan fingerprint density at radius 2 is 2.08 bits per heavy atom. The Morgan fingerprint density at radius 1 is 1.35 bits per heavy atom. The standard InChI is InChI=1S/C21H24ClNO3/c1-14-16(8-12-24)17-13-21(3,26-4)11-7-18(17)23(14)19(25)15-5-9-20(2,22)10-6-15/h5-7,9,12-13H,8,10-11H2,1-4H3. The lowest BCUT2D eigenvalue weighted by molar-refractivity contribution is -0.107. The van der Waals surface area contributed by atoms with Crippen LogP contribution in [-0.4, -0.2) is 34.3 Å². The lowest BCUT2D eigenvalue weighted by Gasteiger charge is -2.25. The van der Waals surface area contributed by atoms with Crippen LogP contribution in [0.3, 0.4) is 0 Å². The highest BCUT2D eigenvalue weighted by molar-refractivity contribution is 6.25. The molecule has 1 heterocycles. The lowest BCUT2D eigenvalue weighted by Crippen LogP contribution is -2.42. The molecule has 1 aromatic rings. The summed E-state index contributed by atoms with van der Waals surface area (Å²) in [6, 6.07) is 0. The number of nitrogens with zero attached hydrogens (tertiary/aromatic N) is 1. The third-order valence-electron chi connectivity index (χ3n) is 5.30. The number of aromatic nitrogens is 1. The highest BCUT2D eigenvalue weighted by Gasteiger charge is 2.28. The van der Waals surface area contributed by atoms with Crippen LogP contribution in [0.25, 0.3) is 12.2 Å². The number of aldehydes is 1. The first kappa shape index (κ1) is 18.9. The molecule has 0 saturated carbocycles. The number of rotatable bonds is 4. The van der Waals surface area contributed by atoms with Gasteiger partial charge in [0, 0.05) is 36.4 Å². The van der Waals surface area contributed by atoms with Crippen LogP contribution in [0.5, 0.6) is 0 Å². The molecule has 0 radical (unpaired) electrons. The van der Waals surface area contributed by atoms with Gasteiger partial charge in [-0.3, -0.25) is 9.36 Å². The average Bonchev–Trinajstić information content (AvgIpc) is 2.86. The summed E-state index contributed by atoms with van der Waals surface area (Å²) in [5.74, 6) is -0.0926. The Kier molecular flexibility index (Phi) is 4.84. The molecular formula is C21H24ClNO3. The van der Waals surface area contributed by atoms with Gasteiger partial charge in [0.25, 0.3) is 5.91 Å². The van der Waals surface area contributed by atoms with Gasteiger partial charge in [0.15, 0.2) is 0 Å². The van der Waals surface area contributed by atoms with Crippen LogP contribution >= 0.6 is 11.6 Å². The maximum atomic E-state index is 13.2. The molecule has 5 heteroatoms. The number of carbonyl (C=O) groups excluding carboxylic acids is 2. The van der Waals surface area contributed by atoms with E-state index in [1.165, 1.54) is 0 Å². The summed E-state index contributed by atoms with van der Waals surface area (Å²) < 4.78 is 7.33. The number of allylic oxidation sites excluding steroid dienone is 4. The molecule has 0 N–H and O–H groups in total. The molecule has 0 fully saturated rings. The molecule has 26 heavy (non-hydrogen) atoms. The highest BCUT2D eigenvalue weighted by atomic mass is 35.5. The smallest absolute Gasteiger partial charge is 0.262 e. The van der Waals surface area contributed by atoms with Crippen molar-refractivity contribution in [3.63, 3.8) is 0 Å². The van der Waals surface area contributed by atoms with Gasteiger partial charge in [-0.05, 0) is 38.8 Å². The molecule has 3 rings (SSSR count). The van der Waals surface area contributed by atoms with Crippen molar-refractivity contribution in [2.75, 3.05) is 7.11 Å². The van der Waals surface area contributed by atoms with Gasteiger partial charge in [-0.25, -0.2) is 0 Å². The topological polar surface area (TPSA) is 48.3 Å². The van der Waals surface area contributed by atoms with Gasteiger partial charge >= 0.3 is 0 Å². The first-order valence-corrected chi connectivity index (χ1v) is 9.14. The second-order valence-electron chi connectivity index (χ2n) is 7.42. The molecular weight excluding hydrogens is 350 g/mol. The molecule has 2 atom stereocenters. The quantitative estimate of drug-likeness (QED) is 0.601. The van der Waals surface area contributed by atoms with Gasteiger partial charge < -0.3 is 9.53 Å². The predicted octanol–water partition coefficient (Wildman–Crippen LogP) is 2.43. The van der Waals surface area contributed by atoms with Crippen molar-refractivity contribution >= 4 is 35.9 Å². The zero-order chi connectivity index (χ0) is 19.1. The average molecular weight is 374 g/mol. The van der Waals surface area contributed by atoms with Gasteiger partial charge in [-0.15, -0.1) is 11.6 Å². The van der Waals surface area contributed by atoms with E-state index in [2.05, 4.69) is 0 Å². The highest BCUT2D eigenvalue weighted by Crippen LogP contribution is 2.27. The molecule has 0 saturated heterocycles. The molecule has 2 aliphatic carbocycles. The van der Waals surface area contributed by atoms with Gasteiger partial charge in [-0.1, -0.05) is 24.3 Å². The van der Waals surface area contributed by atoms with Crippen LogP contribution in [0.2, 0.25) is 0 Å². The molecule has 0 aromatic carbocycles. The largest absolute Gasteiger partial charge is 0.374 e. The second kappa shape index (κ2) is 6.67. The first-order valence-electron chi connectivity index (χ1n) is 8.76. The summed E-state index contributed by atoms with van der Waals surface area (Å²) in [7, 11) is 1.67. The lowest BCUT2D eigenvalue weighted by atomic mass is 9.95. The van der Waals surface area contributed by atoms with Crippen LogP contribution in [0.4, 0.5) is 0 Å². The Bertz CT molecular complexity index is 949. The third kappa shape index (κ3) is 3.24. The van der Waals surface area contributed by atoms with Crippen molar-refractivity contribution < 1.29 is 14.3 Å². The van der Waals surface area contributed by atoms with Crippen LogP contribution in [-0.2, 0) is 16.0 Å². The minimum atomic E-state index is -0.447. The minimum absolute atomic E-state index is 0.0926. The van der Waals surface area contributed by atoms with E-state index in [0.717, 1.165) is 28.1 Å². The molecule has 1 aromatic heterocycles. The van der Waals surface area contributed by atoms with Crippen LogP contribution in [0.1, 0.15) is 42.7 Å². The molecule has 2 aliphatic rings. The van der Waals surface area contributed by atoms with E-state index in [1.807, 2.05) is 45.1 Å². The third-order valence-corrected chi connectivity index (χ3v) is 5.58. The monoisotopic (exact) mass is 373 g/mol. The van der Waals surface area contributed by atoms with Crippen molar-refractivity contribution in [1.29, 1.82) is 0 Å². The van der Waals surface area contributed by atoms with Crippen LogP contribution < -0.4 is 10.6 Å². The fourth-order valence-electron chi connectivity index (χ4n) is 3.55. The van der Waals surface area contributed by atoms with E-state index in [-0.39, 0.29) is 12.3 Å². The maximum absolute atomic E-state index is 13.2. The van der Waals surface area contributed by atoms with Crippen molar-refractivity contribution in [2.45, 2.75) is 50.5 Å². The predicted molar refractivity (Wildman–Crippen MR) is 104 cm³/mol. The van der Waals surface area contributed by atoms with E-state index in [9.17, 15) is 9.59 Å². The molecule has 0 spiro atoms. The summed E-state index contributed by atoms with van der Waals surface area (Å²) in [5.41, 5.74) is 1.87. The Balaban J connectivity index is 2.17. The number of methoxy groups -OCH3 is 1. The maximum Gasteiger partial charge on any atom is 0.262 e. The Morgan fingerprint density at radius 3 is 2.65 bits per heavy atom. The van der Waals surface area contributed by atoms with E-state index in [0.29, 0.717) is 18.4 Å². The van der Waals surface area contributed by atoms with Crippen molar-refractivity contribution in [1.82, 2.24) is 4.57 Å². The molecule has 2 unspecified atom stereocenters. The number of hydrogen-bond donors (Lipinski definition) is 0. The minimum Gasteiger partial charge on any atom is -0.374 e. The van der Waals surface area contributed by atoms with Crippen molar-refractivity contribution in [2.24, 2.45) is 0 Å². The Labute approximate surface area is 158 Å². The summed E-state index contributed by atoms with van der Waals surface area (Å²) in [6.45, 7) is 5.81. The summed E-state index contributed by atoms with van der Waals surface area (Å²) >= 11 is 6.31. The zero-order valence-corrected chi connectivity index (χ0v) is 16.4. The van der Waals surface area contributed by atoms with E-state index in [4.69, 9.17) is 16.3 Å². The number of hydrogen-bond acceptors (Lipinski definition) is 3. The summed E-state index contributed by atoms with van der Waals surface area (Å²) in [4.78, 5) is 24.0. The Hall–Kier alpha value is -1.91. The fraction of sp³-hybridized carbons (Fsp3) is 0.429. The number of alkyl halides is 1. The van der Waals surface area contributed by atoms with Crippen LogP contribution in [0.15, 0.2) is 23.8 Å². The van der Waals surface area contributed by atoms with Gasteiger partial charge in [-0.2, -0.15) is 0 Å². The molecule has 138 valence electrons. The van der Waals surface area contributed by atoms with Gasteiger partial charge in [0.05, 0.1) is 15.8 Å². The number of carbonyl (C=O) groups is 2. The van der Waals surface area contributed by atoms with Crippen LogP contribution in [0, 0.1) is 6.92 Å². The second-order valence-corrected chi connectivity index (χ2v) is 8.28. The molecule has 0 aliphatic heterocycles. The van der Waals surface area contributed by atoms with Gasteiger partial charge in [0.1, 0.15) is 6.29 Å². The number of fused-ring (bicyclic) bond motifs is 1. The SMILES string of the molecule is COC1(C)C=c2c(CC=O)c(C)n(C(=O)C3=CCC(C)(Cl)C=C3)c2=CC1. The fourth-order valence-corrected chi connectivity index (χ4v) is 3.69. The summed E-state index contributed by atoms with van der Waals surface area (Å²) in [5, 5.41) is 1.76. The first-order chi connectivity index (χ1) is 12.2. The normalized spacial score (nSPS) is 27.2. The molecule has 4 nitrogen and oxygen atoms in total. The van der Waals surface area contributed by atoms with Gasteiger partial charge in [0.2, 0.25) is 0 Å². The molecule has 0 amide bonds. The zero-order valence-electron chi connectivity index (χ0n) is 15.6. The number of halogens is 1.